The number of rotatable bonds is 3. The Kier molecular flexibility index (Phi) is 4.08. The summed E-state index contributed by atoms with van der Waals surface area (Å²) in [6.07, 6.45) is 3.21. The lowest BCUT2D eigenvalue weighted by Crippen LogP contribution is -2.10. The van der Waals surface area contributed by atoms with Crippen molar-refractivity contribution >= 4 is 38.9 Å². The quantitative estimate of drug-likeness (QED) is 0.761. The van der Waals surface area contributed by atoms with Crippen molar-refractivity contribution in [1.29, 1.82) is 0 Å². The van der Waals surface area contributed by atoms with Crippen LogP contribution in [-0.4, -0.2) is 15.9 Å². The summed E-state index contributed by atoms with van der Waals surface area (Å²) in [5.74, 6) is 0.467. The number of anilines is 1. The molecular weight excluding hydrogens is 350 g/mol. The first-order valence-corrected chi connectivity index (χ1v) is 7.77. The lowest BCUT2D eigenvalue weighted by molar-refractivity contribution is 0.103. The SMILES string of the molecule is O=C(Nc1cnc(-c2ccccc2)nc1)c1ccc(Br)s1. The van der Waals surface area contributed by atoms with Crippen LogP contribution in [0, 0.1) is 0 Å². The van der Waals surface area contributed by atoms with Gasteiger partial charge in [-0.05, 0) is 28.1 Å². The molecule has 0 unspecified atom stereocenters. The molecule has 0 saturated carbocycles. The van der Waals surface area contributed by atoms with Gasteiger partial charge in [0.25, 0.3) is 5.91 Å². The number of hydrogen-bond acceptors (Lipinski definition) is 4. The third-order valence-electron chi connectivity index (χ3n) is 2.74. The van der Waals surface area contributed by atoms with Crippen LogP contribution in [0.25, 0.3) is 11.4 Å². The zero-order valence-corrected chi connectivity index (χ0v) is 13.2. The van der Waals surface area contributed by atoms with E-state index in [0.29, 0.717) is 16.4 Å². The van der Waals surface area contributed by atoms with E-state index in [1.54, 1.807) is 18.5 Å². The average Bonchev–Trinajstić information content (AvgIpc) is 2.96. The van der Waals surface area contributed by atoms with E-state index in [1.807, 2.05) is 36.4 Å². The third-order valence-corrected chi connectivity index (χ3v) is 4.36. The van der Waals surface area contributed by atoms with Gasteiger partial charge in [0, 0.05) is 5.56 Å². The first kappa shape index (κ1) is 13.9. The molecular formula is C15H10BrN3OS. The Morgan fingerprint density at radius 2 is 1.76 bits per heavy atom. The van der Waals surface area contributed by atoms with Crippen LogP contribution in [0.5, 0.6) is 0 Å². The van der Waals surface area contributed by atoms with Gasteiger partial charge in [-0.3, -0.25) is 4.79 Å². The van der Waals surface area contributed by atoms with E-state index in [4.69, 9.17) is 0 Å². The van der Waals surface area contributed by atoms with Crippen molar-refractivity contribution in [2.24, 2.45) is 0 Å². The van der Waals surface area contributed by atoms with E-state index in [-0.39, 0.29) is 5.91 Å². The second-order valence-electron chi connectivity index (χ2n) is 4.22. The first-order valence-electron chi connectivity index (χ1n) is 6.16. The summed E-state index contributed by atoms with van der Waals surface area (Å²) in [5.41, 5.74) is 1.52. The average molecular weight is 360 g/mol. The van der Waals surface area contributed by atoms with Gasteiger partial charge in [0.2, 0.25) is 0 Å². The van der Waals surface area contributed by atoms with Crippen LogP contribution < -0.4 is 5.32 Å². The standard InChI is InChI=1S/C15H10BrN3OS/c16-13-7-6-12(21-13)15(20)19-11-8-17-14(18-9-11)10-4-2-1-3-5-10/h1-9H,(H,19,20). The van der Waals surface area contributed by atoms with Gasteiger partial charge in [0.15, 0.2) is 5.82 Å². The normalized spacial score (nSPS) is 10.3. The van der Waals surface area contributed by atoms with Gasteiger partial charge in [-0.2, -0.15) is 0 Å². The van der Waals surface area contributed by atoms with Gasteiger partial charge in [-0.15, -0.1) is 11.3 Å². The highest BCUT2D eigenvalue weighted by Gasteiger charge is 2.09. The molecule has 21 heavy (non-hydrogen) atoms. The lowest BCUT2D eigenvalue weighted by Gasteiger charge is -2.04. The van der Waals surface area contributed by atoms with Crippen molar-refractivity contribution in [3.63, 3.8) is 0 Å². The van der Waals surface area contributed by atoms with Gasteiger partial charge in [-0.1, -0.05) is 30.3 Å². The number of amides is 1. The van der Waals surface area contributed by atoms with Crippen molar-refractivity contribution in [2.75, 3.05) is 5.32 Å². The number of aromatic nitrogens is 2. The number of carbonyl (C=O) groups excluding carboxylic acids is 1. The zero-order chi connectivity index (χ0) is 14.7. The Morgan fingerprint density at radius 1 is 1.05 bits per heavy atom. The van der Waals surface area contributed by atoms with E-state index in [2.05, 4.69) is 31.2 Å². The summed E-state index contributed by atoms with van der Waals surface area (Å²) >= 11 is 4.71. The highest BCUT2D eigenvalue weighted by Crippen LogP contribution is 2.23. The Bertz CT molecular complexity index is 756. The van der Waals surface area contributed by atoms with Gasteiger partial charge in [0.05, 0.1) is 26.7 Å². The van der Waals surface area contributed by atoms with Gasteiger partial charge in [0.1, 0.15) is 0 Å². The van der Waals surface area contributed by atoms with E-state index in [1.165, 1.54) is 11.3 Å². The van der Waals surface area contributed by atoms with Crippen LogP contribution in [0.4, 0.5) is 5.69 Å². The van der Waals surface area contributed by atoms with Crippen molar-refractivity contribution in [3.05, 3.63) is 63.5 Å². The molecule has 3 rings (SSSR count). The maximum Gasteiger partial charge on any atom is 0.265 e. The summed E-state index contributed by atoms with van der Waals surface area (Å²) in [7, 11) is 0. The minimum absolute atomic E-state index is 0.165. The molecule has 1 aromatic carbocycles. The molecule has 1 N–H and O–H groups in total. The Balaban J connectivity index is 1.74. The first-order chi connectivity index (χ1) is 10.2. The molecule has 0 radical (unpaired) electrons. The summed E-state index contributed by atoms with van der Waals surface area (Å²) < 4.78 is 0.920. The molecule has 3 aromatic rings. The van der Waals surface area contributed by atoms with Crippen LogP contribution in [0.1, 0.15) is 9.67 Å². The molecule has 0 aliphatic rings. The smallest absolute Gasteiger partial charge is 0.265 e. The second kappa shape index (κ2) is 6.15. The van der Waals surface area contributed by atoms with Crippen LogP contribution in [0.3, 0.4) is 0 Å². The summed E-state index contributed by atoms with van der Waals surface area (Å²) in [5, 5.41) is 2.78. The Morgan fingerprint density at radius 3 is 2.38 bits per heavy atom. The van der Waals surface area contributed by atoms with E-state index >= 15 is 0 Å². The molecule has 1 amide bonds. The molecule has 2 aromatic heterocycles. The van der Waals surface area contributed by atoms with E-state index < -0.39 is 0 Å². The zero-order valence-electron chi connectivity index (χ0n) is 10.8. The Labute approximate surface area is 134 Å². The highest BCUT2D eigenvalue weighted by molar-refractivity contribution is 9.11. The summed E-state index contributed by atoms with van der Waals surface area (Å²) in [6.45, 7) is 0. The van der Waals surface area contributed by atoms with E-state index in [9.17, 15) is 4.79 Å². The number of hydrogen-bond donors (Lipinski definition) is 1. The maximum absolute atomic E-state index is 12.0. The van der Waals surface area contributed by atoms with E-state index in [0.717, 1.165) is 9.35 Å². The number of benzene rings is 1. The fourth-order valence-corrected chi connectivity index (χ4v) is 3.04. The molecule has 0 bridgehead atoms. The molecule has 2 heterocycles. The van der Waals surface area contributed by atoms with Crippen molar-refractivity contribution < 1.29 is 4.79 Å². The topological polar surface area (TPSA) is 54.9 Å². The maximum atomic E-state index is 12.0. The number of nitrogens with one attached hydrogen (secondary N) is 1. The minimum atomic E-state index is -0.165. The number of halogens is 1. The predicted molar refractivity (Wildman–Crippen MR) is 87.4 cm³/mol. The fourth-order valence-electron chi connectivity index (χ4n) is 1.76. The lowest BCUT2D eigenvalue weighted by atomic mass is 10.2. The van der Waals surface area contributed by atoms with Crippen molar-refractivity contribution in [2.45, 2.75) is 0 Å². The molecule has 0 atom stereocenters. The molecule has 0 spiro atoms. The van der Waals surface area contributed by atoms with Crippen LogP contribution in [0.2, 0.25) is 0 Å². The van der Waals surface area contributed by atoms with Crippen molar-refractivity contribution in [1.82, 2.24) is 9.97 Å². The highest BCUT2D eigenvalue weighted by atomic mass is 79.9. The fraction of sp³-hybridized carbons (Fsp3) is 0. The molecule has 104 valence electrons. The Hall–Kier alpha value is -2.05. The van der Waals surface area contributed by atoms with Crippen LogP contribution >= 0.6 is 27.3 Å². The predicted octanol–water partition coefficient (Wildman–Crippen LogP) is 4.22. The molecule has 0 aliphatic heterocycles. The molecule has 0 fully saturated rings. The third kappa shape index (κ3) is 3.34. The molecule has 0 aliphatic carbocycles. The molecule has 6 heteroatoms. The monoisotopic (exact) mass is 359 g/mol. The second-order valence-corrected chi connectivity index (χ2v) is 6.68. The largest absolute Gasteiger partial charge is 0.319 e. The summed E-state index contributed by atoms with van der Waals surface area (Å²) in [6, 6.07) is 13.3. The van der Waals surface area contributed by atoms with Gasteiger partial charge in [-0.25, -0.2) is 9.97 Å². The van der Waals surface area contributed by atoms with Crippen LogP contribution in [0.15, 0.2) is 58.6 Å². The van der Waals surface area contributed by atoms with Crippen LogP contribution in [-0.2, 0) is 0 Å². The van der Waals surface area contributed by atoms with Gasteiger partial charge < -0.3 is 5.32 Å². The number of thiophene rings is 1. The minimum Gasteiger partial charge on any atom is -0.319 e. The summed E-state index contributed by atoms with van der Waals surface area (Å²) in [4.78, 5) is 21.2. The number of carbonyl (C=O) groups is 1. The van der Waals surface area contributed by atoms with Crippen molar-refractivity contribution in [3.8, 4) is 11.4 Å². The molecule has 4 nitrogen and oxygen atoms in total. The number of nitrogens with zero attached hydrogens (tertiary/aromatic N) is 2. The molecule has 0 saturated heterocycles. The van der Waals surface area contributed by atoms with Gasteiger partial charge >= 0.3 is 0 Å².